The van der Waals surface area contributed by atoms with E-state index in [1.165, 1.54) is 95.2 Å². The van der Waals surface area contributed by atoms with Gasteiger partial charge >= 0.3 is 5.97 Å². The Morgan fingerprint density at radius 1 is 0.867 bits per heavy atom. The summed E-state index contributed by atoms with van der Waals surface area (Å²) in [5.41, 5.74) is 2.07. The maximum absolute atomic E-state index is 10.9. The molecule has 168 valence electrons. The highest BCUT2D eigenvalue weighted by Gasteiger charge is 2.12. The minimum absolute atomic E-state index is 0.0576. The molecule has 0 saturated carbocycles. The minimum Gasteiger partial charge on any atom is -0.481 e. The van der Waals surface area contributed by atoms with E-state index >= 15 is 0 Å². The van der Waals surface area contributed by atoms with Gasteiger partial charge in [0.2, 0.25) is 0 Å². The second kappa shape index (κ2) is 15.3. The molecular formula is C25H40N2O2S. The Hall–Kier alpha value is -1.49. The van der Waals surface area contributed by atoms with Crippen molar-refractivity contribution in [2.45, 2.75) is 109 Å². The summed E-state index contributed by atoms with van der Waals surface area (Å²) >= 11 is 1.32. The zero-order valence-electron chi connectivity index (χ0n) is 18.8. The van der Waals surface area contributed by atoms with Crippen molar-refractivity contribution in [2.75, 3.05) is 5.75 Å². The fourth-order valence-electron chi connectivity index (χ4n) is 3.97. The average Bonchev–Trinajstić information content (AvgIpc) is 3.10. The monoisotopic (exact) mass is 432 g/mol. The van der Waals surface area contributed by atoms with E-state index in [9.17, 15) is 4.79 Å². The van der Waals surface area contributed by atoms with E-state index in [0.29, 0.717) is 0 Å². The molecule has 0 radical (unpaired) electrons. The molecule has 1 heterocycles. The van der Waals surface area contributed by atoms with Crippen molar-refractivity contribution in [3.8, 4) is 0 Å². The van der Waals surface area contributed by atoms with Crippen LogP contribution in [0.5, 0.6) is 0 Å². The number of carbonyl (C=O) groups is 1. The van der Waals surface area contributed by atoms with Gasteiger partial charge in [-0.25, -0.2) is 4.98 Å². The number of hydrogen-bond acceptors (Lipinski definition) is 3. The first-order valence-electron chi connectivity index (χ1n) is 12.0. The van der Waals surface area contributed by atoms with Crippen LogP contribution in [0.1, 0.15) is 96.8 Å². The van der Waals surface area contributed by atoms with Crippen molar-refractivity contribution in [2.24, 2.45) is 0 Å². The predicted molar refractivity (Wildman–Crippen MR) is 128 cm³/mol. The molecule has 5 heteroatoms. The fraction of sp³-hybridized carbons (Fsp3) is 0.680. The Balaban J connectivity index is 1.57. The molecule has 0 aliphatic carbocycles. The van der Waals surface area contributed by atoms with E-state index in [1.807, 2.05) is 18.2 Å². The zero-order valence-corrected chi connectivity index (χ0v) is 19.6. The van der Waals surface area contributed by atoms with Gasteiger partial charge in [-0.1, -0.05) is 114 Å². The fourth-order valence-corrected chi connectivity index (χ4v) is 4.73. The maximum atomic E-state index is 10.9. The third-order valence-electron chi connectivity index (χ3n) is 5.68. The van der Waals surface area contributed by atoms with E-state index in [2.05, 4.69) is 22.5 Å². The number of hydrogen-bond donors (Lipinski definition) is 1. The van der Waals surface area contributed by atoms with E-state index in [-0.39, 0.29) is 5.75 Å². The molecule has 0 atom stereocenters. The Morgan fingerprint density at radius 3 is 1.97 bits per heavy atom. The van der Waals surface area contributed by atoms with Gasteiger partial charge in [0, 0.05) is 6.54 Å². The van der Waals surface area contributed by atoms with Gasteiger partial charge in [-0.3, -0.25) is 4.79 Å². The highest BCUT2D eigenvalue weighted by molar-refractivity contribution is 7.99. The standard InChI is InChI=1S/C25H40N2O2S/c1-2-3-4-5-6-7-8-9-10-11-12-13-14-17-20-27-23-19-16-15-18-22(23)26-25(27)30-21-24(28)29/h15-16,18-19H,2-14,17,20-21H2,1H3,(H,28,29). The number of aromatic nitrogens is 2. The third-order valence-corrected chi connectivity index (χ3v) is 6.64. The van der Waals surface area contributed by atoms with E-state index in [1.54, 1.807) is 0 Å². The number of carboxylic acids is 1. The average molecular weight is 433 g/mol. The molecule has 0 fully saturated rings. The van der Waals surface area contributed by atoms with Gasteiger partial charge in [0.25, 0.3) is 0 Å². The number of carboxylic acid groups (broad SMARTS) is 1. The molecule has 0 spiro atoms. The van der Waals surface area contributed by atoms with Crippen LogP contribution in [-0.2, 0) is 11.3 Å². The first kappa shape index (κ1) is 24.8. The molecule has 2 aromatic rings. The summed E-state index contributed by atoms with van der Waals surface area (Å²) in [6.07, 6.45) is 19.0. The minimum atomic E-state index is -0.796. The van der Waals surface area contributed by atoms with Crippen LogP contribution < -0.4 is 0 Å². The molecule has 2 rings (SSSR count). The zero-order chi connectivity index (χ0) is 21.4. The summed E-state index contributed by atoms with van der Waals surface area (Å²) in [5.74, 6) is -0.739. The van der Waals surface area contributed by atoms with Crippen LogP contribution in [0.4, 0.5) is 0 Å². The Morgan fingerprint density at radius 2 is 1.40 bits per heavy atom. The van der Waals surface area contributed by atoms with Crippen molar-refractivity contribution in [3.63, 3.8) is 0 Å². The van der Waals surface area contributed by atoms with Crippen LogP contribution in [0.3, 0.4) is 0 Å². The van der Waals surface area contributed by atoms with E-state index in [4.69, 9.17) is 5.11 Å². The predicted octanol–water partition coefficient (Wildman–Crippen LogP) is 7.69. The van der Waals surface area contributed by atoms with Crippen molar-refractivity contribution in [1.82, 2.24) is 9.55 Å². The normalized spacial score (nSPS) is 11.4. The quantitative estimate of drug-likeness (QED) is 0.194. The van der Waals surface area contributed by atoms with Crippen LogP contribution in [-0.4, -0.2) is 26.4 Å². The lowest BCUT2D eigenvalue weighted by molar-refractivity contribution is -0.133. The second-order valence-corrected chi connectivity index (χ2v) is 9.26. The highest BCUT2D eigenvalue weighted by Crippen LogP contribution is 2.25. The third kappa shape index (κ3) is 9.55. The number of para-hydroxylation sites is 2. The number of fused-ring (bicyclic) bond motifs is 1. The lowest BCUT2D eigenvalue weighted by atomic mass is 10.0. The molecule has 0 amide bonds. The lowest BCUT2D eigenvalue weighted by Gasteiger charge is -2.08. The van der Waals surface area contributed by atoms with Crippen LogP contribution in [0.2, 0.25) is 0 Å². The highest BCUT2D eigenvalue weighted by atomic mass is 32.2. The Labute approximate surface area is 186 Å². The van der Waals surface area contributed by atoms with Gasteiger partial charge in [0.15, 0.2) is 5.16 Å². The van der Waals surface area contributed by atoms with Crippen molar-refractivity contribution >= 4 is 28.8 Å². The first-order valence-corrected chi connectivity index (χ1v) is 13.0. The molecule has 1 aromatic carbocycles. The molecule has 0 aliphatic heterocycles. The van der Waals surface area contributed by atoms with Gasteiger partial charge in [-0.05, 0) is 18.6 Å². The summed E-state index contributed by atoms with van der Waals surface area (Å²) in [6, 6.07) is 8.09. The van der Waals surface area contributed by atoms with Crippen LogP contribution in [0.15, 0.2) is 29.4 Å². The summed E-state index contributed by atoms with van der Waals surface area (Å²) in [5, 5.41) is 9.82. The topological polar surface area (TPSA) is 55.1 Å². The number of imidazole rings is 1. The number of nitrogens with zero attached hydrogens (tertiary/aromatic N) is 2. The van der Waals surface area contributed by atoms with Crippen molar-refractivity contribution in [3.05, 3.63) is 24.3 Å². The van der Waals surface area contributed by atoms with E-state index in [0.717, 1.165) is 29.2 Å². The molecule has 0 bridgehead atoms. The Kier molecular flexibility index (Phi) is 12.7. The largest absolute Gasteiger partial charge is 0.481 e. The number of aryl methyl sites for hydroxylation is 1. The second-order valence-electron chi connectivity index (χ2n) is 8.31. The molecule has 0 unspecified atom stereocenters. The summed E-state index contributed by atoms with van der Waals surface area (Å²) < 4.78 is 2.20. The first-order chi connectivity index (χ1) is 14.7. The number of unbranched alkanes of at least 4 members (excludes halogenated alkanes) is 13. The molecule has 1 aromatic heterocycles. The van der Waals surface area contributed by atoms with Crippen molar-refractivity contribution in [1.29, 1.82) is 0 Å². The lowest BCUT2D eigenvalue weighted by Crippen LogP contribution is -2.03. The molecule has 0 saturated heterocycles. The van der Waals surface area contributed by atoms with Crippen LogP contribution >= 0.6 is 11.8 Å². The van der Waals surface area contributed by atoms with E-state index < -0.39 is 5.97 Å². The van der Waals surface area contributed by atoms with Gasteiger partial charge in [0.1, 0.15) is 0 Å². The number of rotatable bonds is 18. The molecule has 0 aliphatic rings. The SMILES string of the molecule is CCCCCCCCCCCCCCCCn1c(SCC(=O)O)nc2ccccc21. The van der Waals surface area contributed by atoms with Gasteiger partial charge in [-0.2, -0.15) is 0 Å². The van der Waals surface area contributed by atoms with Crippen LogP contribution in [0.25, 0.3) is 11.0 Å². The van der Waals surface area contributed by atoms with Crippen LogP contribution in [0, 0.1) is 0 Å². The number of benzene rings is 1. The van der Waals surface area contributed by atoms with Gasteiger partial charge in [0.05, 0.1) is 16.8 Å². The summed E-state index contributed by atoms with van der Waals surface area (Å²) in [4.78, 5) is 15.6. The molecular weight excluding hydrogens is 392 g/mol. The summed E-state index contributed by atoms with van der Waals surface area (Å²) in [6.45, 7) is 3.19. The van der Waals surface area contributed by atoms with Crippen molar-refractivity contribution < 1.29 is 9.90 Å². The molecule has 1 N–H and O–H groups in total. The number of thioether (sulfide) groups is 1. The number of aliphatic carboxylic acids is 1. The van der Waals surface area contributed by atoms with Gasteiger partial charge in [-0.15, -0.1) is 0 Å². The molecule has 4 nitrogen and oxygen atoms in total. The smallest absolute Gasteiger partial charge is 0.313 e. The maximum Gasteiger partial charge on any atom is 0.313 e. The Bertz CT molecular complexity index is 729. The summed E-state index contributed by atoms with van der Waals surface area (Å²) in [7, 11) is 0. The molecule has 30 heavy (non-hydrogen) atoms. The van der Waals surface area contributed by atoms with Gasteiger partial charge < -0.3 is 9.67 Å².